The van der Waals surface area contributed by atoms with Gasteiger partial charge in [0, 0.05) is 36.4 Å². The van der Waals surface area contributed by atoms with E-state index >= 15 is 0 Å². The van der Waals surface area contributed by atoms with Gasteiger partial charge in [0.05, 0.1) is 29.1 Å². The summed E-state index contributed by atoms with van der Waals surface area (Å²) in [5, 5.41) is 4.94. The SMILES string of the molecule is CCn1c(-c2ccnc(Nc3ccc(S(=O)(=O)NCCCOc4ccsn4)cc3)n2)cnc1C. The summed E-state index contributed by atoms with van der Waals surface area (Å²) in [7, 11) is -3.62. The number of nitrogens with zero attached hydrogens (tertiary/aromatic N) is 5. The van der Waals surface area contributed by atoms with E-state index in [1.54, 1.807) is 30.6 Å². The second-order valence-electron chi connectivity index (χ2n) is 7.29. The van der Waals surface area contributed by atoms with E-state index in [9.17, 15) is 8.42 Å². The van der Waals surface area contributed by atoms with E-state index in [0.717, 1.165) is 23.8 Å². The quantitative estimate of drug-likeness (QED) is 0.300. The number of ether oxygens (including phenoxy) is 1. The molecule has 3 aromatic heterocycles. The normalized spacial score (nSPS) is 11.5. The highest BCUT2D eigenvalue weighted by Gasteiger charge is 2.14. The van der Waals surface area contributed by atoms with Crippen molar-refractivity contribution in [3.63, 3.8) is 0 Å². The number of imidazole rings is 1. The minimum absolute atomic E-state index is 0.176. The van der Waals surface area contributed by atoms with Crippen molar-refractivity contribution in [3.8, 4) is 17.3 Å². The van der Waals surface area contributed by atoms with E-state index in [0.29, 0.717) is 30.5 Å². The van der Waals surface area contributed by atoms with Crippen LogP contribution in [0.1, 0.15) is 19.2 Å². The van der Waals surface area contributed by atoms with E-state index in [4.69, 9.17) is 4.74 Å². The number of aryl methyl sites for hydroxylation is 1. The molecule has 1 aromatic carbocycles. The molecule has 0 atom stereocenters. The number of benzene rings is 1. The third-order valence-corrected chi connectivity index (χ3v) is 7.01. The first kappa shape index (κ1) is 23.8. The molecule has 4 aromatic rings. The molecule has 0 aliphatic rings. The first-order valence-electron chi connectivity index (χ1n) is 10.7. The number of nitrogens with one attached hydrogen (secondary N) is 2. The molecule has 0 saturated carbocycles. The minimum atomic E-state index is -3.62. The van der Waals surface area contributed by atoms with E-state index in [1.807, 2.05) is 18.4 Å². The summed E-state index contributed by atoms with van der Waals surface area (Å²) in [6.07, 6.45) is 4.00. The first-order valence-corrected chi connectivity index (χ1v) is 13.0. The van der Waals surface area contributed by atoms with Gasteiger partial charge in [-0.15, -0.1) is 0 Å². The van der Waals surface area contributed by atoms with Gasteiger partial charge in [0.2, 0.25) is 21.9 Å². The van der Waals surface area contributed by atoms with Crippen LogP contribution in [0.15, 0.2) is 59.1 Å². The van der Waals surface area contributed by atoms with Crippen LogP contribution in [0.5, 0.6) is 5.88 Å². The molecular weight excluding hydrogens is 474 g/mol. The number of anilines is 2. The van der Waals surface area contributed by atoms with Crippen LogP contribution >= 0.6 is 11.5 Å². The molecule has 0 aliphatic heterocycles. The third kappa shape index (κ3) is 5.76. The van der Waals surface area contributed by atoms with Gasteiger partial charge in [-0.05, 0) is 62.1 Å². The number of aromatic nitrogens is 5. The number of sulfonamides is 1. The van der Waals surface area contributed by atoms with Gasteiger partial charge in [0.1, 0.15) is 5.82 Å². The van der Waals surface area contributed by atoms with Crippen LogP contribution in [-0.2, 0) is 16.6 Å². The number of hydrogen-bond acceptors (Lipinski definition) is 9. The lowest BCUT2D eigenvalue weighted by Gasteiger charge is -2.10. The van der Waals surface area contributed by atoms with Crippen molar-refractivity contribution < 1.29 is 13.2 Å². The average molecular weight is 500 g/mol. The van der Waals surface area contributed by atoms with Gasteiger partial charge in [-0.2, -0.15) is 4.37 Å². The molecule has 34 heavy (non-hydrogen) atoms. The zero-order valence-corrected chi connectivity index (χ0v) is 20.4. The Kier molecular flexibility index (Phi) is 7.50. The molecule has 0 aliphatic carbocycles. The molecule has 0 fully saturated rings. The molecule has 2 N–H and O–H groups in total. The Balaban J connectivity index is 1.35. The van der Waals surface area contributed by atoms with E-state index < -0.39 is 10.0 Å². The Morgan fingerprint density at radius 2 is 1.94 bits per heavy atom. The van der Waals surface area contributed by atoms with Crippen LogP contribution in [0.2, 0.25) is 0 Å². The van der Waals surface area contributed by atoms with Gasteiger partial charge in [0.25, 0.3) is 0 Å². The molecule has 0 radical (unpaired) electrons. The minimum Gasteiger partial charge on any atom is -0.477 e. The zero-order valence-electron chi connectivity index (χ0n) is 18.8. The van der Waals surface area contributed by atoms with Gasteiger partial charge in [-0.3, -0.25) is 0 Å². The molecule has 0 spiro atoms. The predicted octanol–water partition coefficient (Wildman–Crippen LogP) is 3.62. The standard InChI is InChI=1S/C22H25N7O3S2/c1-3-29-16(2)24-15-20(29)19-9-12-23-22(27-19)26-17-5-7-18(8-6-17)34(30,31)25-11-4-13-32-21-10-14-33-28-21/h5-10,12,14-15,25H,3-4,11,13H2,1-2H3,(H,23,26,27). The highest BCUT2D eigenvalue weighted by molar-refractivity contribution is 7.89. The highest BCUT2D eigenvalue weighted by atomic mass is 32.2. The number of rotatable bonds is 11. The van der Waals surface area contributed by atoms with Crippen LogP contribution in [0, 0.1) is 6.92 Å². The summed E-state index contributed by atoms with van der Waals surface area (Å²) in [4.78, 5) is 13.4. The molecule has 0 bridgehead atoms. The Labute approximate surface area is 202 Å². The molecular formula is C22H25N7O3S2. The largest absolute Gasteiger partial charge is 0.477 e. The summed E-state index contributed by atoms with van der Waals surface area (Å²) in [6, 6.07) is 10.0. The Bertz CT molecular complexity index is 1320. The zero-order chi connectivity index (χ0) is 24.0. The lowest BCUT2D eigenvalue weighted by Crippen LogP contribution is -2.25. The van der Waals surface area contributed by atoms with Gasteiger partial charge >= 0.3 is 0 Å². The fourth-order valence-electron chi connectivity index (χ4n) is 3.29. The highest BCUT2D eigenvalue weighted by Crippen LogP contribution is 2.21. The smallest absolute Gasteiger partial charge is 0.240 e. The average Bonchev–Trinajstić information content (AvgIpc) is 3.48. The predicted molar refractivity (Wildman–Crippen MR) is 131 cm³/mol. The Hall–Kier alpha value is -3.35. The number of hydrogen-bond donors (Lipinski definition) is 2. The maximum absolute atomic E-state index is 12.5. The molecule has 12 heteroatoms. The summed E-state index contributed by atoms with van der Waals surface area (Å²) in [5.41, 5.74) is 2.34. The van der Waals surface area contributed by atoms with Crippen LogP contribution < -0.4 is 14.8 Å². The topological polar surface area (TPSA) is 124 Å². The molecule has 0 unspecified atom stereocenters. The van der Waals surface area contributed by atoms with Crippen molar-refractivity contribution in [2.24, 2.45) is 0 Å². The third-order valence-electron chi connectivity index (χ3n) is 4.99. The van der Waals surface area contributed by atoms with Crippen LogP contribution in [0.3, 0.4) is 0 Å². The second-order valence-corrected chi connectivity index (χ2v) is 9.72. The van der Waals surface area contributed by atoms with Crippen LogP contribution in [0.4, 0.5) is 11.6 Å². The molecule has 0 saturated heterocycles. The lowest BCUT2D eigenvalue weighted by molar-refractivity contribution is 0.303. The van der Waals surface area contributed by atoms with Gasteiger partial charge in [-0.1, -0.05) is 0 Å². The van der Waals surface area contributed by atoms with E-state index in [1.165, 1.54) is 23.7 Å². The summed E-state index contributed by atoms with van der Waals surface area (Å²) >= 11 is 1.31. The van der Waals surface area contributed by atoms with Crippen molar-refractivity contribution in [3.05, 3.63) is 60.0 Å². The van der Waals surface area contributed by atoms with Crippen molar-refractivity contribution in [2.75, 3.05) is 18.5 Å². The molecule has 4 rings (SSSR count). The molecule has 0 amide bonds. The summed E-state index contributed by atoms with van der Waals surface area (Å²) < 4.78 is 39.2. The molecule has 178 valence electrons. The van der Waals surface area contributed by atoms with Crippen molar-refractivity contribution in [2.45, 2.75) is 31.7 Å². The van der Waals surface area contributed by atoms with Crippen molar-refractivity contribution in [1.82, 2.24) is 28.6 Å². The van der Waals surface area contributed by atoms with Crippen LogP contribution in [-0.4, -0.2) is 45.5 Å². The summed E-state index contributed by atoms with van der Waals surface area (Å²) in [5.74, 6) is 1.88. The van der Waals surface area contributed by atoms with Crippen molar-refractivity contribution >= 4 is 33.2 Å². The monoisotopic (exact) mass is 499 g/mol. The fourth-order valence-corrected chi connectivity index (χ4v) is 4.82. The van der Waals surface area contributed by atoms with Crippen molar-refractivity contribution in [1.29, 1.82) is 0 Å². The Morgan fingerprint density at radius 3 is 2.68 bits per heavy atom. The Morgan fingerprint density at radius 1 is 1.12 bits per heavy atom. The second kappa shape index (κ2) is 10.7. The lowest BCUT2D eigenvalue weighted by atomic mass is 10.3. The van der Waals surface area contributed by atoms with Gasteiger partial charge in [-0.25, -0.2) is 28.1 Å². The van der Waals surface area contributed by atoms with E-state index in [-0.39, 0.29) is 11.4 Å². The van der Waals surface area contributed by atoms with Gasteiger partial charge in [0.15, 0.2) is 0 Å². The molecule has 10 nitrogen and oxygen atoms in total. The van der Waals surface area contributed by atoms with E-state index in [2.05, 4.69) is 40.9 Å². The fraction of sp³-hybridized carbons (Fsp3) is 0.273. The maximum atomic E-state index is 12.5. The van der Waals surface area contributed by atoms with Crippen LogP contribution in [0.25, 0.3) is 11.4 Å². The van der Waals surface area contributed by atoms with Gasteiger partial charge < -0.3 is 14.6 Å². The molecule has 3 heterocycles. The maximum Gasteiger partial charge on any atom is 0.240 e. The first-order chi connectivity index (χ1) is 16.5. The summed E-state index contributed by atoms with van der Waals surface area (Å²) in [6.45, 7) is 5.44.